The summed E-state index contributed by atoms with van der Waals surface area (Å²) in [6, 6.07) is 5.95. The molecule has 1 aromatic rings. The van der Waals surface area contributed by atoms with Crippen LogP contribution in [0.4, 0.5) is 0 Å². The minimum absolute atomic E-state index is 0.0723. The van der Waals surface area contributed by atoms with Crippen LogP contribution in [0.3, 0.4) is 0 Å². The van der Waals surface area contributed by atoms with E-state index in [-0.39, 0.29) is 17.6 Å². The Morgan fingerprint density at radius 3 is 2.08 bits per heavy atom. The van der Waals surface area contributed by atoms with Crippen LogP contribution < -0.4 is 0 Å². The Morgan fingerprint density at radius 2 is 1.58 bits per heavy atom. The van der Waals surface area contributed by atoms with Gasteiger partial charge in [0.05, 0.1) is 11.1 Å². The van der Waals surface area contributed by atoms with E-state index >= 15 is 0 Å². The van der Waals surface area contributed by atoms with Gasteiger partial charge in [-0.15, -0.1) is 0 Å². The fraction of sp³-hybridized carbons (Fsp3) is 0.636. The van der Waals surface area contributed by atoms with Crippen LogP contribution >= 0.6 is 0 Å². The number of hydrogen-bond donors (Lipinski definition) is 1. The van der Waals surface area contributed by atoms with Gasteiger partial charge < -0.3 is 9.84 Å². The third-order valence-corrected chi connectivity index (χ3v) is 4.87. The van der Waals surface area contributed by atoms with E-state index in [1.807, 2.05) is 0 Å². The first-order valence-electron chi connectivity index (χ1n) is 9.93. The van der Waals surface area contributed by atoms with E-state index in [0.29, 0.717) is 17.4 Å². The monoisotopic (exact) mass is 362 g/mol. The molecule has 0 spiro atoms. The number of esters is 1. The lowest BCUT2D eigenvalue weighted by Crippen LogP contribution is -2.27. The summed E-state index contributed by atoms with van der Waals surface area (Å²) in [6.07, 6.45) is 7.35. The molecule has 0 bridgehead atoms. The van der Waals surface area contributed by atoms with Gasteiger partial charge >= 0.3 is 11.9 Å². The zero-order chi connectivity index (χ0) is 19.5. The molecule has 0 aliphatic carbocycles. The van der Waals surface area contributed by atoms with Gasteiger partial charge in [0.1, 0.15) is 6.10 Å². The van der Waals surface area contributed by atoms with Crippen LogP contribution in [0.2, 0.25) is 0 Å². The Bertz CT molecular complexity index is 548. The number of benzene rings is 1. The molecule has 0 saturated carbocycles. The number of carboxylic acids is 1. The Labute approximate surface area is 158 Å². The van der Waals surface area contributed by atoms with Gasteiger partial charge in [0.25, 0.3) is 0 Å². The maximum atomic E-state index is 12.6. The van der Waals surface area contributed by atoms with Crippen molar-refractivity contribution in [2.75, 3.05) is 0 Å². The first-order chi connectivity index (χ1) is 12.4. The van der Waals surface area contributed by atoms with E-state index in [9.17, 15) is 9.59 Å². The molecule has 0 amide bonds. The Hall–Kier alpha value is -1.84. The van der Waals surface area contributed by atoms with Crippen molar-refractivity contribution < 1.29 is 19.4 Å². The molecule has 0 saturated heterocycles. The van der Waals surface area contributed by atoms with Crippen molar-refractivity contribution in [3.63, 3.8) is 0 Å². The average Bonchev–Trinajstić information content (AvgIpc) is 2.61. The highest BCUT2D eigenvalue weighted by Crippen LogP contribution is 2.25. The highest BCUT2D eigenvalue weighted by atomic mass is 16.5. The van der Waals surface area contributed by atoms with Gasteiger partial charge in [-0.3, -0.25) is 0 Å². The predicted molar refractivity (Wildman–Crippen MR) is 105 cm³/mol. The summed E-state index contributed by atoms with van der Waals surface area (Å²) in [5.41, 5.74) is 0.582. The second kappa shape index (κ2) is 11.7. The second-order valence-corrected chi connectivity index (χ2v) is 7.46. The van der Waals surface area contributed by atoms with E-state index in [2.05, 4.69) is 27.7 Å². The largest absolute Gasteiger partial charge is 0.478 e. The van der Waals surface area contributed by atoms with Crippen LogP contribution in [0.5, 0.6) is 0 Å². The standard InChI is InChI=1S/C22H34O4/c1-5-7-10-17(6-2)20(11-8-9-16(3)4)26-22(25)19-14-12-18(13-15-19)21(23)24/h12-17,20H,5-11H2,1-4H3,(H,23,24). The molecule has 0 aliphatic rings. The average molecular weight is 363 g/mol. The van der Waals surface area contributed by atoms with Crippen LogP contribution in [-0.2, 0) is 4.74 Å². The Morgan fingerprint density at radius 1 is 0.962 bits per heavy atom. The first-order valence-corrected chi connectivity index (χ1v) is 9.93. The molecule has 1 N–H and O–H groups in total. The van der Waals surface area contributed by atoms with Gasteiger partial charge in [-0.05, 0) is 61.8 Å². The van der Waals surface area contributed by atoms with E-state index in [0.717, 1.165) is 44.9 Å². The quantitative estimate of drug-likeness (QED) is 0.466. The van der Waals surface area contributed by atoms with E-state index in [1.165, 1.54) is 24.3 Å². The van der Waals surface area contributed by atoms with Crippen molar-refractivity contribution in [3.05, 3.63) is 35.4 Å². The second-order valence-electron chi connectivity index (χ2n) is 7.46. The molecule has 2 atom stereocenters. The molecule has 26 heavy (non-hydrogen) atoms. The summed E-state index contributed by atoms with van der Waals surface area (Å²) in [7, 11) is 0. The molecule has 0 aromatic heterocycles. The number of carbonyl (C=O) groups excluding carboxylic acids is 1. The third kappa shape index (κ3) is 7.59. The Balaban J connectivity index is 2.80. The molecule has 2 unspecified atom stereocenters. The van der Waals surface area contributed by atoms with Crippen molar-refractivity contribution >= 4 is 11.9 Å². The topological polar surface area (TPSA) is 63.6 Å². The maximum absolute atomic E-state index is 12.6. The SMILES string of the molecule is CCCCC(CC)C(CCCC(C)C)OC(=O)c1ccc(C(=O)O)cc1. The zero-order valence-corrected chi connectivity index (χ0v) is 16.7. The summed E-state index contributed by atoms with van der Waals surface area (Å²) >= 11 is 0. The van der Waals surface area contributed by atoms with Crippen molar-refractivity contribution in [1.82, 2.24) is 0 Å². The third-order valence-electron chi connectivity index (χ3n) is 4.87. The minimum Gasteiger partial charge on any atom is -0.478 e. The highest BCUT2D eigenvalue weighted by molar-refractivity contribution is 5.92. The maximum Gasteiger partial charge on any atom is 0.338 e. The van der Waals surface area contributed by atoms with Crippen molar-refractivity contribution in [1.29, 1.82) is 0 Å². The summed E-state index contributed by atoms with van der Waals surface area (Å²) in [5, 5.41) is 8.97. The van der Waals surface area contributed by atoms with Crippen LogP contribution in [0.15, 0.2) is 24.3 Å². The number of carbonyl (C=O) groups is 2. The lowest BCUT2D eigenvalue weighted by Gasteiger charge is -2.27. The number of hydrogen-bond acceptors (Lipinski definition) is 3. The van der Waals surface area contributed by atoms with E-state index in [4.69, 9.17) is 9.84 Å². The number of unbranched alkanes of at least 4 members (excludes halogenated alkanes) is 1. The molecule has 0 heterocycles. The van der Waals surface area contributed by atoms with Crippen LogP contribution in [0, 0.1) is 11.8 Å². The minimum atomic E-state index is -0.998. The molecule has 4 nitrogen and oxygen atoms in total. The lowest BCUT2D eigenvalue weighted by molar-refractivity contribution is 0.00755. The van der Waals surface area contributed by atoms with Crippen LogP contribution in [0.25, 0.3) is 0 Å². The molecule has 1 rings (SSSR count). The molecule has 0 radical (unpaired) electrons. The Kier molecular flexibility index (Phi) is 10.0. The number of carboxylic acid groups (broad SMARTS) is 1. The smallest absolute Gasteiger partial charge is 0.338 e. The van der Waals surface area contributed by atoms with E-state index < -0.39 is 5.97 Å². The molecule has 0 aliphatic heterocycles. The van der Waals surface area contributed by atoms with Crippen LogP contribution in [-0.4, -0.2) is 23.1 Å². The fourth-order valence-corrected chi connectivity index (χ4v) is 3.19. The predicted octanol–water partition coefficient (Wildman–Crippen LogP) is 5.95. The van der Waals surface area contributed by atoms with Gasteiger partial charge in [0.15, 0.2) is 0 Å². The molecule has 4 heteroatoms. The molecule has 146 valence electrons. The molecular weight excluding hydrogens is 328 g/mol. The summed E-state index contributed by atoms with van der Waals surface area (Å²) < 4.78 is 5.88. The summed E-state index contributed by atoms with van der Waals surface area (Å²) in [6.45, 7) is 8.75. The van der Waals surface area contributed by atoms with Crippen LogP contribution in [0.1, 0.15) is 93.4 Å². The number of aromatic carboxylic acids is 1. The fourth-order valence-electron chi connectivity index (χ4n) is 3.19. The van der Waals surface area contributed by atoms with Crippen molar-refractivity contribution in [2.45, 2.75) is 78.7 Å². The normalized spacial score (nSPS) is 13.4. The van der Waals surface area contributed by atoms with Gasteiger partial charge in [-0.1, -0.05) is 47.0 Å². The highest BCUT2D eigenvalue weighted by Gasteiger charge is 2.24. The summed E-state index contributed by atoms with van der Waals surface area (Å²) in [4.78, 5) is 23.5. The van der Waals surface area contributed by atoms with Gasteiger partial charge in [0, 0.05) is 0 Å². The lowest BCUT2D eigenvalue weighted by atomic mass is 9.89. The van der Waals surface area contributed by atoms with Gasteiger partial charge in [-0.25, -0.2) is 9.59 Å². The zero-order valence-electron chi connectivity index (χ0n) is 16.7. The number of ether oxygens (including phenoxy) is 1. The van der Waals surface area contributed by atoms with Gasteiger partial charge in [0.2, 0.25) is 0 Å². The molecule has 0 fully saturated rings. The molecular formula is C22H34O4. The van der Waals surface area contributed by atoms with Gasteiger partial charge in [-0.2, -0.15) is 0 Å². The number of rotatable bonds is 12. The summed E-state index contributed by atoms with van der Waals surface area (Å²) in [5.74, 6) is -0.330. The van der Waals surface area contributed by atoms with Crippen molar-refractivity contribution in [2.24, 2.45) is 11.8 Å². The molecule has 1 aromatic carbocycles. The van der Waals surface area contributed by atoms with E-state index in [1.54, 1.807) is 0 Å². The first kappa shape index (κ1) is 22.2. The van der Waals surface area contributed by atoms with Crippen molar-refractivity contribution in [3.8, 4) is 0 Å².